The maximum Gasteiger partial charge on any atom is 0.00185 e. The van der Waals surface area contributed by atoms with Crippen LogP contribution >= 0.6 is 0 Å². The second-order valence-corrected chi connectivity index (χ2v) is 5.20. The van der Waals surface area contributed by atoms with Gasteiger partial charge in [0.05, 0.1) is 0 Å². The minimum absolute atomic E-state index is 0.915. The molecule has 1 aliphatic rings. The van der Waals surface area contributed by atoms with Crippen molar-refractivity contribution in [2.45, 2.75) is 39.5 Å². The highest BCUT2D eigenvalue weighted by atomic mass is 15.1. The Kier molecular flexibility index (Phi) is 6.74. The molecule has 94 valence electrons. The number of nitrogens with one attached hydrogen (secondary N) is 1. The van der Waals surface area contributed by atoms with Gasteiger partial charge >= 0.3 is 0 Å². The summed E-state index contributed by atoms with van der Waals surface area (Å²) in [6, 6.07) is 0. The monoisotopic (exact) mass is 224 g/mol. The number of rotatable bonds is 7. The molecular weight excluding hydrogens is 196 g/mol. The van der Waals surface area contributed by atoms with E-state index in [2.05, 4.69) is 30.6 Å². The van der Waals surface area contributed by atoms with E-state index in [1.54, 1.807) is 0 Å². The van der Waals surface area contributed by atoms with Gasteiger partial charge in [-0.25, -0.2) is 0 Å². The lowest BCUT2D eigenvalue weighted by Gasteiger charge is -2.30. The summed E-state index contributed by atoms with van der Waals surface area (Å²) in [5.41, 5.74) is 1.31. The van der Waals surface area contributed by atoms with E-state index in [9.17, 15) is 0 Å². The Labute approximate surface area is 101 Å². The summed E-state index contributed by atoms with van der Waals surface area (Å²) in [6.45, 7) is 14.6. The first-order valence-corrected chi connectivity index (χ1v) is 6.79. The fourth-order valence-corrected chi connectivity index (χ4v) is 2.39. The van der Waals surface area contributed by atoms with Crippen molar-refractivity contribution in [2.75, 3.05) is 32.7 Å². The van der Waals surface area contributed by atoms with Crippen molar-refractivity contribution in [2.24, 2.45) is 5.92 Å². The van der Waals surface area contributed by atoms with E-state index < -0.39 is 0 Å². The Balaban J connectivity index is 2.27. The zero-order chi connectivity index (χ0) is 11.8. The van der Waals surface area contributed by atoms with E-state index in [4.69, 9.17) is 0 Å². The first-order valence-electron chi connectivity index (χ1n) is 6.79. The van der Waals surface area contributed by atoms with E-state index in [0.29, 0.717) is 0 Å². The fraction of sp³-hybridized carbons (Fsp3) is 0.857. The van der Waals surface area contributed by atoms with Crippen LogP contribution in [0.1, 0.15) is 39.5 Å². The van der Waals surface area contributed by atoms with Crippen LogP contribution in [0.5, 0.6) is 0 Å². The average Bonchev–Trinajstić information content (AvgIpc) is 2.27. The fourth-order valence-electron chi connectivity index (χ4n) is 2.39. The van der Waals surface area contributed by atoms with Gasteiger partial charge in [0.25, 0.3) is 0 Å². The van der Waals surface area contributed by atoms with Crippen LogP contribution in [0.3, 0.4) is 0 Å². The zero-order valence-electron chi connectivity index (χ0n) is 11.1. The third kappa shape index (κ3) is 5.66. The molecule has 1 rings (SSSR count). The van der Waals surface area contributed by atoms with Gasteiger partial charge in [0, 0.05) is 13.1 Å². The van der Waals surface area contributed by atoms with E-state index >= 15 is 0 Å². The molecule has 0 saturated carbocycles. The molecule has 0 aromatic heterocycles. The largest absolute Gasteiger partial charge is 0.317 e. The van der Waals surface area contributed by atoms with Gasteiger partial charge in [-0.15, -0.1) is 6.58 Å². The molecule has 0 atom stereocenters. The van der Waals surface area contributed by atoms with E-state index in [1.165, 1.54) is 57.6 Å². The predicted molar refractivity (Wildman–Crippen MR) is 71.8 cm³/mol. The van der Waals surface area contributed by atoms with E-state index in [-0.39, 0.29) is 0 Å². The van der Waals surface area contributed by atoms with Gasteiger partial charge < -0.3 is 10.2 Å². The summed E-state index contributed by atoms with van der Waals surface area (Å²) in [4.78, 5) is 2.63. The minimum Gasteiger partial charge on any atom is -0.317 e. The van der Waals surface area contributed by atoms with Gasteiger partial charge in [-0.3, -0.25) is 0 Å². The first kappa shape index (κ1) is 13.7. The van der Waals surface area contributed by atoms with Gasteiger partial charge in [0.2, 0.25) is 0 Å². The number of hydrogen-bond acceptors (Lipinski definition) is 2. The number of nitrogens with zero attached hydrogens (tertiary/aromatic N) is 1. The van der Waals surface area contributed by atoms with Crippen molar-refractivity contribution in [3.05, 3.63) is 12.2 Å². The van der Waals surface area contributed by atoms with Gasteiger partial charge in [-0.1, -0.05) is 12.5 Å². The molecule has 1 aliphatic heterocycles. The maximum atomic E-state index is 4.00. The third-order valence-corrected chi connectivity index (χ3v) is 3.37. The molecule has 2 heteroatoms. The number of piperidine rings is 1. The van der Waals surface area contributed by atoms with Crippen LogP contribution in [0.2, 0.25) is 0 Å². The Hall–Kier alpha value is -0.340. The molecule has 0 spiro atoms. The lowest BCUT2D eigenvalue weighted by Crippen LogP contribution is -2.37. The molecular formula is C14H28N2. The van der Waals surface area contributed by atoms with Crippen LogP contribution in [0.15, 0.2) is 12.2 Å². The zero-order valence-corrected chi connectivity index (χ0v) is 11.1. The Bertz CT molecular complexity index is 195. The molecule has 2 nitrogen and oxygen atoms in total. The topological polar surface area (TPSA) is 15.3 Å². The van der Waals surface area contributed by atoms with E-state index in [1.807, 2.05) is 0 Å². The normalized spacial score (nSPS) is 17.9. The van der Waals surface area contributed by atoms with Crippen LogP contribution in [-0.2, 0) is 0 Å². The molecule has 0 aliphatic carbocycles. The first-order chi connectivity index (χ1) is 7.72. The van der Waals surface area contributed by atoms with Gasteiger partial charge in [-0.05, 0) is 58.2 Å². The summed E-state index contributed by atoms with van der Waals surface area (Å²) in [7, 11) is 0. The summed E-state index contributed by atoms with van der Waals surface area (Å²) in [5.74, 6) is 0.915. The molecule has 0 bridgehead atoms. The average molecular weight is 224 g/mol. The van der Waals surface area contributed by atoms with Gasteiger partial charge in [0.15, 0.2) is 0 Å². The van der Waals surface area contributed by atoms with Crippen LogP contribution in [-0.4, -0.2) is 37.6 Å². The molecule has 0 aromatic rings. The lowest BCUT2D eigenvalue weighted by atomic mass is 9.97. The third-order valence-electron chi connectivity index (χ3n) is 3.37. The highest BCUT2D eigenvalue weighted by Gasteiger charge is 2.16. The maximum absolute atomic E-state index is 4.00. The Morgan fingerprint density at radius 3 is 2.56 bits per heavy atom. The van der Waals surface area contributed by atoms with Crippen molar-refractivity contribution in [1.82, 2.24) is 10.2 Å². The highest BCUT2D eigenvalue weighted by Crippen LogP contribution is 2.14. The van der Waals surface area contributed by atoms with Gasteiger partial charge in [0.1, 0.15) is 0 Å². The van der Waals surface area contributed by atoms with E-state index in [0.717, 1.165) is 12.3 Å². The highest BCUT2D eigenvalue weighted by molar-refractivity contribution is 4.89. The molecule has 1 fully saturated rings. The summed E-state index contributed by atoms with van der Waals surface area (Å²) in [6.07, 6.45) is 5.13. The molecule has 0 radical (unpaired) electrons. The molecule has 0 amide bonds. The summed E-state index contributed by atoms with van der Waals surface area (Å²) in [5, 5.41) is 3.44. The standard InChI is InChI=1S/C14H28N2/c1-4-10-16(11-7-13(2)3)12-14-5-8-15-9-6-14/h14-15H,2,4-12H2,1,3H3. The Morgan fingerprint density at radius 1 is 1.31 bits per heavy atom. The lowest BCUT2D eigenvalue weighted by molar-refractivity contribution is 0.207. The van der Waals surface area contributed by atoms with Crippen LogP contribution in [0, 0.1) is 5.92 Å². The van der Waals surface area contributed by atoms with Crippen LogP contribution < -0.4 is 5.32 Å². The summed E-state index contributed by atoms with van der Waals surface area (Å²) >= 11 is 0. The second kappa shape index (κ2) is 7.86. The molecule has 1 heterocycles. The number of hydrogen-bond donors (Lipinski definition) is 1. The quantitative estimate of drug-likeness (QED) is 0.669. The molecule has 16 heavy (non-hydrogen) atoms. The Morgan fingerprint density at radius 2 is 2.00 bits per heavy atom. The van der Waals surface area contributed by atoms with Crippen LogP contribution in [0.4, 0.5) is 0 Å². The summed E-state index contributed by atoms with van der Waals surface area (Å²) < 4.78 is 0. The van der Waals surface area contributed by atoms with Crippen molar-refractivity contribution < 1.29 is 0 Å². The SMILES string of the molecule is C=C(C)CCN(CCC)CC1CCNCC1. The van der Waals surface area contributed by atoms with Gasteiger partial charge in [-0.2, -0.15) is 0 Å². The molecule has 1 N–H and O–H groups in total. The smallest absolute Gasteiger partial charge is 0.00185 e. The molecule has 0 aromatic carbocycles. The van der Waals surface area contributed by atoms with Crippen molar-refractivity contribution in [1.29, 1.82) is 0 Å². The second-order valence-electron chi connectivity index (χ2n) is 5.20. The minimum atomic E-state index is 0.915. The van der Waals surface area contributed by atoms with Crippen LogP contribution in [0.25, 0.3) is 0 Å². The van der Waals surface area contributed by atoms with Crippen molar-refractivity contribution in [3.8, 4) is 0 Å². The van der Waals surface area contributed by atoms with Crippen molar-refractivity contribution in [3.63, 3.8) is 0 Å². The predicted octanol–water partition coefficient (Wildman–Crippen LogP) is 2.66. The molecule has 1 saturated heterocycles. The molecule has 0 unspecified atom stereocenters. The van der Waals surface area contributed by atoms with Crippen molar-refractivity contribution >= 4 is 0 Å².